The zero-order valence-corrected chi connectivity index (χ0v) is 54.0. The first-order valence-corrected chi connectivity index (χ1v) is 33.9. The average Bonchev–Trinajstić information content (AvgIpc) is 1.54. The fraction of sp³-hybridized carbons (Fsp3) is 0.0652. The lowest BCUT2D eigenvalue weighted by molar-refractivity contribution is 0.660. The van der Waals surface area contributed by atoms with Gasteiger partial charge in [-0.05, 0) is 151 Å². The second kappa shape index (κ2) is 19.7. The van der Waals surface area contributed by atoms with Crippen LogP contribution in [0.1, 0.15) is 49.9 Å². The molecular weight excluding hydrogens is 1180 g/mol. The van der Waals surface area contributed by atoms with Gasteiger partial charge in [0.1, 0.15) is 0 Å². The monoisotopic (exact) mass is 1240 g/mol. The fourth-order valence-electron chi connectivity index (χ4n) is 17.6. The van der Waals surface area contributed by atoms with Gasteiger partial charge in [-0.3, -0.25) is 0 Å². The first-order valence-electron chi connectivity index (χ1n) is 33.9. The van der Waals surface area contributed by atoms with E-state index in [1.54, 1.807) is 0 Å². The number of rotatable bonds is 7. The van der Waals surface area contributed by atoms with Gasteiger partial charge in [-0.1, -0.05) is 246 Å². The summed E-state index contributed by atoms with van der Waals surface area (Å²) in [4.78, 5) is 10.9. The molecule has 4 heterocycles. The van der Waals surface area contributed by atoms with Gasteiger partial charge >= 0.3 is 0 Å². The maximum atomic E-state index is 5.46. The summed E-state index contributed by atoms with van der Waals surface area (Å²) in [5, 5.41) is 9.67. The Labute approximate surface area is 561 Å². The molecule has 18 aromatic rings. The number of hydrogen-bond donors (Lipinski definition) is 0. The van der Waals surface area contributed by atoms with Crippen molar-refractivity contribution in [2.45, 2.75) is 38.5 Å². The summed E-state index contributed by atoms with van der Waals surface area (Å²) in [5.74, 6) is 0.718. The number of nitrogens with zero attached hydrogens (tertiary/aromatic N) is 5. The van der Waals surface area contributed by atoms with Crippen molar-refractivity contribution in [1.82, 2.24) is 23.7 Å². The maximum Gasteiger partial charge on any atom is 0.160 e. The molecule has 3 aliphatic carbocycles. The summed E-state index contributed by atoms with van der Waals surface area (Å²) in [5.41, 5.74) is 33.0. The molecule has 0 amide bonds. The zero-order valence-electron chi connectivity index (χ0n) is 54.0. The van der Waals surface area contributed by atoms with Crippen LogP contribution in [0.4, 0.5) is 0 Å². The molecule has 21 rings (SSSR count). The SMILES string of the molecule is CC1(C)c2ccccc2-c2ccc(-n3c4ccccc4c4ccc(-c5ccc6c(c5)c5cc(-c7ccc8c9ccccc9n(-c9ccc%10c(c9)C(C)(C)c9ccccc9-%10)c8c7)ccc5n6-c5ccc6c7c(cccc57)-c5nc(-c7ccccc7)nc(-c7ccccc7)c5-6)cc43)cc21. The number of benzene rings is 14. The molecule has 3 aliphatic rings. The molecule has 454 valence electrons. The van der Waals surface area contributed by atoms with E-state index in [0.717, 1.165) is 89.4 Å². The lowest BCUT2D eigenvalue weighted by Gasteiger charge is -2.22. The van der Waals surface area contributed by atoms with Gasteiger partial charge in [-0.2, -0.15) is 0 Å². The molecule has 5 nitrogen and oxygen atoms in total. The van der Waals surface area contributed by atoms with E-state index in [0.29, 0.717) is 0 Å². The molecule has 4 aromatic heterocycles. The Bertz CT molecular complexity index is 6210. The van der Waals surface area contributed by atoms with E-state index < -0.39 is 0 Å². The Morgan fingerprint density at radius 2 is 0.670 bits per heavy atom. The van der Waals surface area contributed by atoms with Crippen LogP contribution in [0.3, 0.4) is 0 Å². The van der Waals surface area contributed by atoms with E-state index in [1.807, 2.05) is 6.07 Å². The minimum Gasteiger partial charge on any atom is -0.309 e. The van der Waals surface area contributed by atoms with Crippen molar-refractivity contribution >= 4 is 76.2 Å². The average molecular weight is 1240 g/mol. The van der Waals surface area contributed by atoms with Crippen LogP contribution in [0.2, 0.25) is 0 Å². The van der Waals surface area contributed by atoms with Crippen LogP contribution in [0.5, 0.6) is 0 Å². The summed E-state index contributed by atoms with van der Waals surface area (Å²) in [6.45, 7) is 9.49. The van der Waals surface area contributed by atoms with Gasteiger partial charge in [-0.25, -0.2) is 9.97 Å². The number of para-hydroxylation sites is 2. The van der Waals surface area contributed by atoms with E-state index in [2.05, 4.69) is 333 Å². The van der Waals surface area contributed by atoms with Gasteiger partial charge in [0.15, 0.2) is 5.82 Å². The minimum absolute atomic E-state index is 0.133. The van der Waals surface area contributed by atoms with Crippen molar-refractivity contribution in [2.75, 3.05) is 0 Å². The Morgan fingerprint density at radius 1 is 0.247 bits per heavy atom. The molecule has 0 spiro atoms. The highest BCUT2D eigenvalue weighted by Gasteiger charge is 2.38. The van der Waals surface area contributed by atoms with Crippen LogP contribution in [-0.4, -0.2) is 23.7 Å². The first kappa shape index (κ1) is 54.2. The number of fused-ring (bicyclic) bond motifs is 18. The van der Waals surface area contributed by atoms with Crippen LogP contribution in [0, 0.1) is 0 Å². The van der Waals surface area contributed by atoms with Crippen LogP contribution >= 0.6 is 0 Å². The predicted molar refractivity (Wildman–Crippen MR) is 404 cm³/mol. The van der Waals surface area contributed by atoms with Crippen molar-refractivity contribution in [3.8, 4) is 107 Å². The Morgan fingerprint density at radius 3 is 1.24 bits per heavy atom. The number of hydrogen-bond acceptors (Lipinski definition) is 2. The van der Waals surface area contributed by atoms with E-state index in [-0.39, 0.29) is 10.8 Å². The van der Waals surface area contributed by atoms with E-state index in [9.17, 15) is 0 Å². The lowest BCUT2D eigenvalue weighted by atomic mass is 9.82. The van der Waals surface area contributed by atoms with Gasteiger partial charge in [0.25, 0.3) is 0 Å². The smallest absolute Gasteiger partial charge is 0.160 e. The topological polar surface area (TPSA) is 40.6 Å². The zero-order chi connectivity index (χ0) is 64.2. The third-order valence-electron chi connectivity index (χ3n) is 22.2. The molecule has 0 atom stereocenters. The molecule has 0 bridgehead atoms. The molecule has 0 saturated heterocycles. The van der Waals surface area contributed by atoms with Crippen LogP contribution < -0.4 is 0 Å². The quantitative estimate of drug-likeness (QED) is 0.160. The van der Waals surface area contributed by atoms with Gasteiger partial charge in [0.2, 0.25) is 0 Å². The molecule has 0 fully saturated rings. The molecule has 0 unspecified atom stereocenters. The molecular formula is C92H61N5. The summed E-state index contributed by atoms with van der Waals surface area (Å²) in [7, 11) is 0. The lowest BCUT2D eigenvalue weighted by Crippen LogP contribution is -2.15. The van der Waals surface area contributed by atoms with Crippen molar-refractivity contribution in [1.29, 1.82) is 0 Å². The standard InChI is InChI=1S/C92H61N5/c1-91(2)75-30-15-11-24-62(75)64-42-38-60(52-77(64)91)95-79-32-17-13-26-66(79)68-40-34-58(50-84(68)95)56-36-45-82-73(48-56)74-49-57(59-35-41-69-67-27-14-18-33-80(67)96(85(69)51-59)61-39-43-65-63-25-12-16-31-76(63)92(3,4)78(65)53-61)37-46-83(74)97(82)81-47-44-71-86-70(81)28-19-29-72(86)89-87(71)88(54-20-7-5-8-21-54)93-90(94-89)55-22-9-6-10-23-55/h5-53H,1-4H3. The van der Waals surface area contributed by atoms with Crippen molar-refractivity contribution in [3.05, 3.63) is 320 Å². The first-order chi connectivity index (χ1) is 47.6. The Balaban J connectivity index is 0.770. The van der Waals surface area contributed by atoms with Crippen molar-refractivity contribution in [2.24, 2.45) is 0 Å². The predicted octanol–water partition coefficient (Wildman–Crippen LogP) is 23.8. The molecule has 5 heteroatoms. The van der Waals surface area contributed by atoms with E-state index in [4.69, 9.17) is 9.97 Å². The summed E-state index contributed by atoms with van der Waals surface area (Å²) in [6.07, 6.45) is 0. The highest BCUT2D eigenvalue weighted by Crippen LogP contribution is 2.55. The third kappa shape index (κ3) is 7.54. The molecule has 0 N–H and O–H groups in total. The third-order valence-corrected chi connectivity index (χ3v) is 22.2. The molecule has 97 heavy (non-hydrogen) atoms. The Hall–Kier alpha value is -12.2. The fourth-order valence-corrected chi connectivity index (χ4v) is 17.6. The van der Waals surface area contributed by atoms with Gasteiger partial charge in [-0.15, -0.1) is 0 Å². The van der Waals surface area contributed by atoms with Crippen LogP contribution in [0.15, 0.2) is 297 Å². The second-order valence-electron chi connectivity index (χ2n) is 28.0. The largest absolute Gasteiger partial charge is 0.309 e. The number of aromatic nitrogens is 5. The molecule has 0 saturated carbocycles. The molecule has 14 aromatic carbocycles. The van der Waals surface area contributed by atoms with Gasteiger partial charge in [0, 0.05) is 87.5 Å². The summed E-state index contributed by atoms with van der Waals surface area (Å²) >= 11 is 0. The van der Waals surface area contributed by atoms with Gasteiger partial charge < -0.3 is 13.7 Å². The molecule has 0 radical (unpaired) electrons. The minimum atomic E-state index is -0.133. The summed E-state index contributed by atoms with van der Waals surface area (Å²) in [6, 6.07) is 111. The van der Waals surface area contributed by atoms with Crippen molar-refractivity contribution < 1.29 is 0 Å². The Kier molecular flexibility index (Phi) is 11.0. The van der Waals surface area contributed by atoms with E-state index >= 15 is 0 Å². The maximum absolute atomic E-state index is 5.46. The normalized spacial score (nSPS) is 13.7. The second-order valence-corrected chi connectivity index (χ2v) is 28.0. The summed E-state index contributed by atoms with van der Waals surface area (Å²) < 4.78 is 7.51. The van der Waals surface area contributed by atoms with Gasteiger partial charge in [0.05, 0.1) is 50.2 Å². The highest BCUT2D eigenvalue weighted by molar-refractivity contribution is 6.21. The highest BCUT2D eigenvalue weighted by atomic mass is 15.0. The van der Waals surface area contributed by atoms with Crippen LogP contribution in [0.25, 0.3) is 183 Å². The van der Waals surface area contributed by atoms with Crippen LogP contribution in [-0.2, 0) is 10.8 Å². The van der Waals surface area contributed by atoms with E-state index in [1.165, 1.54) is 116 Å². The van der Waals surface area contributed by atoms with Crippen molar-refractivity contribution in [3.63, 3.8) is 0 Å². The molecule has 0 aliphatic heterocycles.